The van der Waals surface area contributed by atoms with Gasteiger partial charge in [-0.15, -0.1) is 0 Å². The van der Waals surface area contributed by atoms with E-state index in [2.05, 4.69) is 10.4 Å². The zero-order chi connectivity index (χ0) is 24.3. The van der Waals surface area contributed by atoms with Crippen molar-refractivity contribution in [3.05, 3.63) is 90.1 Å². The molecule has 9 heteroatoms. The number of ether oxygens (including phenoxy) is 1. The summed E-state index contributed by atoms with van der Waals surface area (Å²) in [5.41, 5.74) is 3.22. The van der Waals surface area contributed by atoms with Crippen molar-refractivity contribution in [3.8, 4) is 22.7 Å². The van der Waals surface area contributed by atoms with Gasteiger partial charge in [0.25, 0.3) is 5.91 Å². The monoisotopic (exact) mass is 476 g/mol. The number of hydrogen-bond donors (Lipinski definition) is 2. The lowest BCUT2D eigenvalue weighted by molar-refractivity contribution is 0.102. The first-order valence-electron chi connectivity index (χ1n) is 10.6. The van der Waals surface area contributed by atoms with Crippen LogP contribution in [0, 0.1) is 0 Å². The van der Waals surface area contributed by atoms with Crippen LogP contribution in [0.5, 0.6) is 5.75 Å². The van der Waals surface area contributed by atoms with Gasteiger partial charge in [-0.2, -0.15) is 5.10 Å². The summed E-state index contributed by atoms with van der Waals surface area (Å²) >= 11 is 0. The normalized spacial score (nSPS) is 11.3. The molecular formula is C25H24N4O4S. The molecule has 8 nitrogen and oxygen atoms in total. The van der Waals surface area contributed by atoms with Crippen molar-refractivity contribution < 1.29 is 17.9 Å². The van der Waals surface area contributed by atoms with Crippen LogP contribution in [0.4, 0.5) is 5.69 Å². The lowest BCUT2D eigenvalue weighted by Gasteiger charge is -2.10. The molecule has 3 aromatic carbocycles. The van der Waals surface area contributed by atoms with Crippen LogP contribution in [0.2, 0.25) is 0 Å². The van der Waals surface area contributed by atoms with E-state index < -0.39 is 15.9 Å². The summed E-state index contributed by atoms with van der Waals surface area (Å²) in [6.45, 7) is 1.83. The number of para-hydroxylation sites is 1. The molecule has 174 valence electrons. The number of aryl methyl sites for hydroxylation is 1. The number of amides is 1. The molecule has 1 amide bonds. The maximum atomic E-state index is 13.3. The minimum Gasteiger partial charge on any atom is -0.497 e. The standard InChI is InChI=1S/C25H24N4O4S/c1-3-17-9-12-19(15-23(17)34(26,31)32)27-25(30)22-16-29(20-7-5-4-6-8-20)28-24(22)18-10-13-21(33-2)14-11-18/h4-16H,3H2,1-2H3,(H,27,30)(H2,26,31,32). The van der Waals surface area contributed by atoms with Crippen LogP contribution >= 0.6 is 0 Å². The van der Waals surface area contributed by atoms with Crippen molar-refractivity contribution >= 4 is 21.6 Å². The molecule has 0 aliphatic carbocycles. The van der Waals surface area contributed by atoms with E-state index >= 15 is 0 Å². The van der Waals surface area contributed by atoms with Gasteiger partial charge in [0.05, 0.1) is 23.3 Å². The fourth-order valence-corrected chi connectivity index (χ4v) is 4.47. The molecule has 0 saturated carbocycles. The number of benzene rings is 3. The van der Waals surface area contributed by atoms with E-state index in [4.69, 9.17) is 9.88 Å². The van der Waals surface area contributed by atoms with Crippen molar-refractivity contribution in [3.63, 3.8) is 0 Å². The van der Waals surface area contributed by atoms with Gasteiger partial charge in [-0.3, -0.25) is 4.79 Å². The van der Waals surface area contributed by atoms with Gasteiger partial charge in [0, 0.05) is 17.4 Å². The largest absolute Gasteiger partial charge is 0.497 e. The predicted octanol–water partition coefficient (Wildman–Crippen LogP) is 4.01. The van der Waals surface area contributed by atoms with Crippen LogP contribution < -0.4 is 15.2 Å². The number of carbonyl (C=O) groups excluding carboxylic acids is 1. The highest BCUT2D eigenvalue weighted by molar-refractivity contribution is 7.89. The average Bonchev–Trinajstić information content (AvgIpc) is 3.30. The quantitative estimate of drug-likeness (QED) is 0.418. The molecule has 0 spiro atoms. The van der Waals surface area contributed by atoms with E-state index in [1.165, 1.54) is 6.07 Å². The summed E-state index contributed by atoms with van der Waals surface area (Å²) in [4.78, 5) is 13.3. The Balaban J connectivity index is 1.75. The number of aromatic nitrogens is 2. The van der Waals surface area contributed by atoms with Crippen molar-refractivity contribution in [2.45, 2.75) is 18.2 Å². The Morgan fingerprint density at radius 3 is 2.38 bits per heavy atom. The van der Waals surface area contributed by atoms with Crippen molar-refractivity contribution in [2.24, 2.45) is 5.14 Å². The van der Waals surface area contributed by atoms with Gasteiger partial charge in [-0.1, -0.05) is 31.2 Å². The van der Waals surface area contributed by atoms with E-state index in [1.807, 2.05) is 49.4 Å². The number of methoxy groups -OCH3 is 1. The zero-order valence-electron chi connectivity index (χ0n) is 18.7. The lowest BCUT2D eigenvalue weighted by Crippen LogP contribution is -2.16. The molecule has 0 atom stereocenters. The Labute approximate surface area is 198 Å². The van der Waals surface area contributed by atoms with Gasteiger partial charge in [-0.05, 0) is 60.5 Å². The van der Waals surface area contributed by atoms with Gasteiger partial charge in [-0.25, -0.2) is 18.2 Å². The molecule has 0 aliphatic heterocycles. The Bertz CT molecular complexity index is 1430. The smallest absolute Gasteiger partial charge is 0.259 e. The first-order chi connectivity index (χ1) is 16.3. The average molecular weight is 477 g/mol. The highest BCUT2D eigenvalue weighted by atomic mass is 32.2. The Morgan fingerprint density at radius 2 is 1.76 bits per heavy atom. The van der Waals surface area contributed by atoms with Gasteiger partial charge in [0.15, 0.2) is 0 Å². The maximum Gasteiger partial charge on any atom is 0.259 e. The van der Waals surface area contributed by atoms with Gasteiger partial charge < -0.3 is 10.1 Å². The number of nitrogens with one attached hydrogen (secondary N) is 1. The highest BCUT2D eigenvalue weighted by Gasteiger charge is 2.20. The van der Waals surface area contributed by atoms with Crippen molar-refractivity contribution in [1.82, 2.24) is 9.78 Å². The number of rotatable bonds is 7. The number of sulfonamides is 1. The minimum atomic E-state index is -3.94. The molecule has 3 N–H and O–H groups in total. The van der Waals surface area contributed by atoms with E-state index in [0.29, 0.717) is 34.7 Å². The minimum absolute atomic E-state index is 0.0110. The van der Waals surface area contributed by atoms with Gasteiger partial charge >= 0.3 is 0 Å². The molecule has 0 saturated heterocycles. The van der Waals surface area contributed by atoms with Gasteiger partial charge in [0.1, 0.15) is 11.4 Å². The molecule has 4 aromatic rings. The fourth-order valence-electron chi connectivity index (χ4n) is 3.60. The van der Waals surface area contributed by atoms with E-state index in [0.717, 1.165) is 11.3 Å². The van der Waals surface area contributed by atoms with Crippen LogP contribution in [-0.2, 0) is 16.4 Å². The van der Waals surface area contributed by atoms with Crippen LogP contribution in [0.15, 0.2) is 83.9 Å². The second kappa shape index (κ2) is 9.50. The van der Waals surface area contributed by atoms with Crippen molar-refractivity contribution in [1.29, 1.82) is 0 Å². The molecule has 1 aromatic heterocycles. The Morgan fingerprint density at radius 1 is 1.06 bits per heavy atom. The molecule has 0 aliphatic rings. The molecule has 34 heavy (non-hydrogen) atoms. The third kappa shape index (κ3) is 4.85. The molecular weight excluding hydrogens is 452 g/mol. The first kappa shape index (κ1) is 23.2. The van der Waals surface area contributed by atoms with Crippen LogP contribution in [-0.4, -0.2) is 31.2 Å². The van der Waals surface area contributed by atoms with Crippen molar-refractivity contribution in [2.75, 3.05) is 12.4 Å². The number of carbonyl (C=O) groups is 1. The predicted molar refractivity (Wildman–Crippen MR) is 131 cm³/mol. The summed E-state index contributed by atoms with van der Waals surface area (Å²) in [6, 6.07) is 21.3. The Kier molecular flexibility index (Phi) is 6.49. The number of anilines is 1. The molecule has 0 bridgehead atoms. The van der Waals surface area contributed by atoms with Gasteiger partial charge in [0.2, 0.25) is 10.0 Å². The highest BCUT2D eigenvalue weighted by Crippen LogP contribution is 2.27. The second-order valence-electron chi connectivity index (χ2n) is 7.58. The molecule has 0 fully saturated rings. The summed E-state index contributed by atoms with van der Waals surface area (Å²) in [5.74, 6) is 0.251. The first-order valence-corrected chi connectivity index (χ1v) is 12.1. The van der Waals surface area contributed by atoms with E-state index in [9.17, 15) is 13.2 Å². The zero-order valence-corrected chi connectivity index (χ0v) is 19.5. The Hall–Kier alpha value is -3.95. The molecule has 1 heterocycles. The summed E-state index contributed by atoms with van der Waals surface area (Å²) < 4.78 is 30.9. The van der Waals surface area contributed by atoms with Crippen LogP contribution in [0.3, 0.4) is 0 Å². The van der Waals surface area contributed by atoms with E-state index in [-0.39, 0.29) is 4.90 Å². The lowest BCUT2D eigenvalue weighted by atomic mass is 10.1. The maximum absolute atomic E-state index is 13.3. The SMILES string of the molecule is CCc1ccc(NC(=O)c2cn(-c3ccccc3)nc2-c2ccc(OC)cc2)cc1S(N)(=O)=O. The number of hydrogen-bond acceptors (Lipinski definition) is 5. The van der Waals surface area contributed by atoms with Crippen LogP contribution in [0.25, 0.3) is 16.9 Å². The second-order valence-corrected chi connectivity index (χ2v) is 9.11. The third-order valence-corrected chi connectivity index (χ3v) is 6.35. The third-order valence-electron chi connectivity index (χ3n) is 5.36. The molecule has 0 radical (unpaired) electrons. The molecule has 4 rings (SSSR count). The number of nitrogens with two attached hydrogens (primary N) is 1. The van der Waals surface area contributed by atoms with E-state index in [1.54, 1.807) is 42.3 Å². The summed E-state index contributed by atoms with van der Waals surface area (Å²) in [7, 11) is -2.36. The number of nitrogens with zero attached hydrogens (tertiary/aromatic N) is 2. The fraction of sp³-hybridized carbons (Fsp3) is 0.120. The topological polar surface area (TPSA) is 116 Å². The summed E-state index contributed by atoms with van der Waals surface area (Å²) in [5, 5.41) is 12.8. The summed E-state index contributed by atoms with van der Waals surface area (Å²) in [6.07, 6.45) is 2.14. The number of primary sulfonamides is 1. The van der Waals surface area contributed by atoms with Crippen LogP contribution in [0.1, 0.15) is 22.8 Å². The molecule has 0 unspecified atom stereocenters.